The number of allylic oxidation sites excluding steroid dienone is 1. The van der Waals surface area contributed by atoms with Crippen molar-refractivity contribution in [3.8, 4) is 11.5 Å². The standard InChI is InChI=1S/C18H13BrO5/c1-10(18(21)22)23-13-5-6-14-15(9-13)24-16(17(14)20)8-11-3-2-4-12(19)7-11/h2-10H,1H3,(H,21,22)/b16-8-/t10-/m0/s1. The molecule has 122 valence electrons. The van der Waals surface area contributed by atoms with E-state index in [0.717, 1.165) is 10.0 Å². The van der Waals surface area contributed by atoms with Crippen LogP contribution in [-0.2, 0) is 4.79 Å². The van der Waals surface area contributed by atoms with Gasteiger partial charge >= 0.3 is 5.97 Å². The number of ether oxygens (including phenoxy) is 2. The number of Topliss-reactive ketones (excluding diaryl/α,β-unsaturated/α-hetero) is 1. The summed E-state index contributed by atoms with van der Waals surface area (Å²) in [5.74, 6) is -0.381. The van der Waals surface area contributed by atoms with Gasteiger partial charge in [0.05, 0.1) is 5.56 Å². The number of fused-ring (bicyclic) bond motifs is 1. The molecule has 0 bridgehead atoms. The normalized spacial score (nSPS) is 15.8. The van der Waals surface area contributed by atoms with Crippen LogP contribution in [0.4, 0.5) is 0 Å². The number of carbonyl (C=O) groups excluding carboxylic acids is 1. The second-order valence-electron chi connectivity index (χ2n) is 5.25. The predicted molar refractivity (Wildman–Crippen MR) is 91.2 cm³/mol. The van der Waals surface area contributed by atoms with Crippen molar-refractivity contribution < 1.29 is 24.2 Å². The maximum Gasteiger partial charge on any atom is 0.344 e. The minimum absolute atomic E-state index is 0.214. The van der Waals surface area contributed by atoms with E-state index in [-0.39, 0.29) is 11.5 Å². The third-order valence-corrected chi connectivity index (χ3v) is 3.94. The Labute approximate surface area is 146 Å². The van der Waals surface area contributed by atoms with E-state index in [2.05, 4.69) is 15.9 Å². The first-order valence-electron chi connectivity index (χ1n) is 7.17. The molecule has 5 nitrogen and oxygen atoms in total. The third-order valence-electron chi connectivity index (χ3n) is 3.45. The van der Waals surface area contributed by atoms with Crippen LogP contribution in [0, 0.1) is 0 Å². The topological polar surface area (TPSA) is 72.8 Å². The summed E-state index contributed by atoms with van der Waals surface area (Å²) in [7, 11) is 0. The maximum atomic E-state index is 12.4. The average Bonchev–Trinajstić information content (AvgIpc) is 2.83. The molecule has 3 rings (SSSR count). The lowest BCUT2D eigenvalue weighted by Gasteiger charge is -2.10. The molecule has 2 aromatic carbocycles. The highest BCUT2D eigenvalue weighted by Crippen LogP contribution is 2.35. The van der Waals surface area contributed by atoms with E-state index in [9.17, 15) is 9.59 Å². The molecule has 0 saturated heterocycles. The van der Waals surface area contributed by atoms with Gasteiger partial charge < -0.3 is 14.6 Å². The van der Waals surface area contributed by atoms with Gasteiger partial charge in [-0.2, -0.15) is 0 Å². The molecule has 0 amide bonds. The van der Waals surface area contributed by atoms with Gasteiger partial charge in [0.2, 0.25) is 5.78 Å². The number of aliphatic carboxylic acids is 1. The van der Waals surface area contributed by atoms with Crippen LogP contribution < -0.4 is 9.47 Å². The Bertz CT molecular complexity index is 856. The number of ketones is 1. The number of carbonyl (C=O) groups is 2. The molecule has 0 fully saturated rings. The molecule has 0 aromatic heterocycles. The Morgan fingerprint density at radius 1 is 1.29 bits per heavy atom. The molecule has 6 heteroatoms. The van der Waals surface area contributed by atoms with E-state index in [4.69, 9.17) is 14.6 Å². The van der Waals surface area contributed by atoms with E-state index >= 15 is 0 Å². The first kappa shape index (κ1) is 16.3. The van der Waals surface area contributed by atoms with Gasteiger partial charge in [0.25, 0.3) is 0 Å². The predicted octanol–water partition coefficient (Wildman–Crippen LogP) is 3.92. The first-order chi connectivity index (χ1) is 11.4. The monoisotopic (exact) mass is 388 g/mol. The van der Waals surface area contributed by atoms with Gasteiger partial charge in [0, 0.05) is 10.5 Å². The molecule has 1 heterocycles. The third kappa shape index (κ3) is 3.33. The van der Waals surface area contributed by atoms with Crippen molar-refractivity contribution in [2.45, 2.75) is 13.0 Å². The minimum atomic E-state index is -1.07. The highest BCUT2D eigenvalue weighted by Gasteiger charge is 2.28. The van der Waals surface area contributed by atoms with Crippen LogP contribution in [0.1, 0.15) is 22.8 Å². The van der Waals surface area contributed by atoms with Crippen LogP contribution >= 0.6 is 15.9 Å². The second kappa shape index (κ2) is 6.49. The maximum absolute atomic E-state index is 12.4. The summed E-state index contributed by atoms with van der Waals surface area (Å²) in [6.45, 7) is 1.43. The Morgan fingerprint density at radius 2 is 2.08 bits per heavy atom. The van der Waals surface area contributed by atoms with Crippen LogP contribution in [0.2, 0.25) is 0 Å². The van der Waals surface area contributed by atoms with Crippen molar-refractivity contribution in [3.63, 3.8) is 0 Å². The lowest BCUT2D eigenvalue weighted by Crippen LogP contribution is -2.22. The summed E-state index contributed by atoms with van der Waals surface area (Å²) in [4.78, 5) is 23.2. The first-order valence-corrected chi connectivity index (χ1v) is 7.96. The molecule has 0 unspecified atom stereocenters. The molecule has 24 heavy (non-hydrogen) atoms. The number of carboxylic acid groups (broad SMARTS) is 1. The number of halogens is 1. The Balaban J connectivity index is 1.86. The molecule has 0 aliphatic carbocycles. The van der Waals surface area contributed by atoms with Crippen LogP contribution in [-0.4, -0.2) is 23.0 Å². The van der Waals surface area contributed by atoms with Gasteiger partial charge in [-0.15, -0.1) is 0 Å². The lowest BCUT2D eigenvalue weighted by molar-refractivity contribution is -0.144. The van der Waals surface area contributed by atoms with Crippen LogP contribution in [0.3, 0.4) is 0 Å². The zero-order valence-electron chi connectivity index (χ0n) is 12.7. The van der Waals surface area contributed by atoms with Gasteiger partial charge in [0.1, 0.15) is 11.5 Å². The van der Waals surface area contributed by atoms with E-state index < -0.39 is 12.1 Å². The van der Waals surface area contributed by atoms with Crippen LogP contribution in [0.15, 0.2) is 52.7 Å². The fourth-order valence-corrected chi connectivity index (χ4v) is 2.66. The summed E-state index contributed by atoms with van der Waals surface area (Å²) in [6.07, 6.45) is 0.671. The summed E-state index contributed by atoms with van der Waals surface area (Å²) >= 11 is 3.38. The average molecular weight is 389 g/mol. The molecule has 1 atom stereocenters. The fraction of sp³-hybridized carbons (Fsp3) is 0.111. The second-order valence-corrected chi connectivity index (χ2v) is 6.17. The molecular formula is C18H13BrO5. The van der Waals surface area contributed by atoms with Crippen molar-refractivity contribution in [2.75, 3.05) is 0 Å². The van der Waals surface area contributed by atoms with Gasteiger partial charge in [-0.05, 0) is 42.8 Å². The van der Waals surface area contributed by atoms with E-state index in [1.807, 2.05) is 24.3 Å². The summed E-state index contributed by atoms with van der Waals surface area (Å²) < 4.78 is 11.8. The van der Waals surface area contributed by atoms with Gasteiger partial charge in [0.15, 0.2) is 11.9 Å². The molecule has 0 spiro atoms. The summed E-state index contributed by atoms with van der Waals surface area (Å²) in [5.41, 5.74) is 1.25. The summed E-state index contributed by atoms with van der Waals surface area (Å²) in [6, 6.07) is 12.1. The van der Waals surface area contributed by atoms with Crippen molar-refractivity contribution in [1.29, 1.82) is 0 Å². The Kier molecular flexibility index (Phi) is 4.40. The molecule has 0 radical (unpaired) electrons. The lowest BCUT2D eigenvalue weighted by atomic mass is 10.1. The summed E-state index contributed by atoms with van der Waals surface area (Å²) in [5, 5.41) is 8.88. The highest BCUT2D eigenvalue weighted by atomic mass is 79.9. The number of hydrogen-bond donors (Lipinski definition) is 1. The molecule has 1 aliphatic heterocycles. The van der Waals surface area contributed by atoms with E-state index in [1.54, 1.807) is 18.2 Å². The zero-order valence-corrected chi connectivity index (χ0v) is 14.2. The molecule has 2 aromatic rings. The smallest absolute Gasteiger partial charge is 0.344 e. The number of benzene rings is 2. The Morgan fingerprint density at radius 3 is 2.79 bits per heavy atom. The highest BCUT2D eigenvalue weighted by molar-refractivity contribution is 9.10. The van der Waals surface area contributed by atoms with Gasteiger partial charge in [-0.1, -0.05) is 28.1 Å². The van der Waals surface area contributed by atoms with Gasteiger partial charge in [-0.25, -0.2) is 4.79 Å². The zero-order chi connectivity index (χ0) is 17.3. The van der Waals surface area contributed by atoms with Crippen LogP contribution in [0.25, 0.3) is 6.08 Å². The largest absolute Gasteiger partial charge is 0.479 e. The van der Waals surface area contributed by atoms with E-state index in [0.29, 0.717) is 17.1 Å². The number of rotatable bonds is 4. The SMILES string of the molecule is C[C@H](Oc1ccc2c(c1)O/C(=C\c1cccc(Br)c1)C2=O)C(=O)O. The van der Waals surface area contributed by atoms with Crippen molar-refractivity contribution in [3.05, 3.63) is 63.8 Å². The molecule has 1 N–H and O–H groups in total. The van der Waals surface area contributed by atoms with Crippen molar-refractivity contribution in [2.24, 2.45) is 0 Å². The van der Waals surface area contributed by atoms with Crippen molar-refractivity contribution in [1.82, 2.24) is 0 Å². The molecule has 0 saturated carbocycles. The fourth-order valence-electron chi connectivity index (χ4n) is 2.24. The number of carboxylic acids is 1. The minimum Gasteiger partial charge on any atom is -0.479 e. The van der Waals surface area contributed by atoms with Gasteiger partial charge in [-0.3, -0.25) is 4.79 Å². The Hall–Kier alpha value is -2.60. The molecular weight excluding hydrogens is 376 g/mol. The van der Waals surface area contributed by atoms with Crippen LogP contribution in [0.5, 0.6) is 11.5 Å². The quantitative estimate of drug-likeness (QED) is 0.803. The van der Waals surface area contributed by atoms with Crippen molar-refractivity contribution >= 4 is 33.8 Å². The van der Waals surface area contributed by atoms with E-state index in [1.165, 1.54) is 13.0 Å². The molecule has 1 aliphatic rings. The number of hydrogen-bond acceptors (Lipinski definition) is 4.